The van der Waals surface area contributed by atoms with Crippen LogP contribution in [0.25, 0.3) is 66.4 Å². The van der Waals surface area contributed by atoms with Gasteiger partial charge < -0.3 is 9.32 Å². The molecule has 1 unspecified atom stereocenters. The van der Waals surface area contributed by atoms with Crippen molar-refractivity contribution in [3.8, 4) is 44.5 Å². The van der Waals surface area contributed by atoms with Crippen molar-refractivity contribution in [3.63, 3.8) is 0 Å². The molecular formula is C65H57NO. The Morgan fingerprint density at radius 2 is 1.12 bits per heavy atom. The molecule has 8 aromatic carbocycles. The van der Waals surface area contributed by atoms with E-state index in [9.17, 15) is 0 Å². The number of rotatable bonds is 6. The maximum absolute atomic E-state index is 6.79. The monoisotopic (exact) mass is 867 g/mol. The third-order valence-corrected chi connectivity index (χ3v) is 17.8. The molecule has 67 heavy (non-hydrogen) atoms. The topological polar surface area (TPSA) is 16.4 Å². The summed E-state index contributed by atoms with van der Waals surface area (Å²) in [4.78, 5) is 2.46. The van der Waals surface area contributed by atoms with Crippen LogP contribution in [0.5, 0.6) is 0 Å². The summed E-state index contributed by atoms with van der Waals surface area (Å²) in [6.45, 7) is 4.97. The molecule has 2 heteroatoms. The Balaban J connectivity index is 0.869. The van der Waals surface area contributed by atoms with Crippen LogP contribution in [-0.2, 0) is 10.8 Å². The number of hydrogen-bond donors (Lipinski definition) is 0. The van der Waals surface area contributed by atoms with E-state index in [4.69, 9.17) is 4.42 Å². The molecule has 0 radical (unpaired) electrons. The average molecular weight is 868 g/mol. The summed E-state index contributed by atoms with van der Waals surface area (Å²) >= 11 is 0. The molecule has 2 spiro atoms. The van der Waals surface area contributed by atoms with Gasteiger partial charge >= 0.3 is 0 Å². The van der Waals surface area contributed by atoms with E-state index in [1.54, 1.807) is 11.1 Å². The summed E-state index contributed by atoms with van der Waals surface area (Å²) in [6, 6.07) is 66.9. The summed E-state index contributed by atoms with van der Waals surface area (Å²) in [5.41, 5.74) is 22.3. The Bertz CT molecular complexity index is 3400. The van der Waals surface area contributed by atoms with E-state index in [0.29, 0.717) is 11.8 Å². The van der Waals surface area contributed by atoms with Gasteiger partial charge in [-0.3, -0.25) is 0 Å². The third kappa shape index (κ3) is 5.75. The summed E-state index contributed by atoms with van der Waals surface area (Å²) in [7, 11) is 0. The van der Waals surface area contributed by atoms with Crippen molar-refractivity contribution < 1.29 is 4.42 Å². The number of nitrogens with zero attached hydrogens (tertiary/aromatic N) is 1. The Morgan fingerprint density at radius 1 is 0.478 bits per heavy atom. The minimum absolute atomic E-state index is 0.0857. The van der Waals surface area contributed by atoms with Gasteiger partial charge in [-0.1, -0.05) is 148 Å². The predicted molar refractivity (Wildman–Crippen MR) is 279 cm³/mol. The van der Waals surface area contributed by atoms with Crippen molar-refractivity contribution in [3.05, 3.63) is 198 Å². The van der Waals surface area contributed by atoms with Crippen LogP contribution in [0, 0.1) is 23.7 Å². The van der Waals surface area contributed by atoms with Crippen molar-refractivity contribution in [2.45, 2.75) is 82.5 Å². The molecule has 1 aromatic heterocycles. The summed E-state index contributed by atoms with van der Waals surface area (Å²) < 4.78 is 6.79. The molecule has 5 atom stereocenters. The van der Waals surface area contributed by atoms with Crippen LogP contribution in [-0.4, -0.2) is 0 Å². The van der Waals surface area contributed by atoms with Gasteiger partial charge in [-0.25, -0.2) is 0 Å². The fourth-order valence-electron chi connectivity index (χ4n) is 15.2. The average Bonchev–Trinajstić information content (AvgIpc) is 4.15. The van der Waals surface area contributed by atoms with Gasteiger partial charge in [0.2, 0.25) is 0 Å². The highest BCUT2D eigenvalue weighted by molar-refractivity contribution is 6.08. The lowest BCUT2D eigenvalue weighted by Crippen LogP contribution is -2.50. The zero-order valence-corrected chi connectivity index (χ0v) is 38.8. The van der Waals surface area contributed by atoms with E-state index < -0.39 is 0 Å². The van der Waals surface area contributed by atoms with Gasteiger partial charge in [0.05, 0.1) is 0 Å². The second kappa shape index (κ2) is 14.9. The fraction of sp³-hybridized carbons (Fsp3) is 0.262. The molecule has 14 rings (SSSR count). The van der Waals surface area contributed by atoms with Crippen LogP contribution in [0.3, 0.4) is 0 Å². The Morgan fingerprint density at radius 3 is 1.94 bits per heavy atom. The second-order valence-electron chi connectivity index (χ2n) is 21.2. The molecule has 2 bridgehead atoms. The first-order valence-electron chi connectivity index (χ1n) is 25.4. The van der Waals surface area contributed by atoms with E-state index in [0.717, 1.165) is 45.1 Å². The summed E-state index contributed by atoms with van der Waals surface area (Å²) in [5.74, 6) is 3.07. The minimum Gasteiger partial charge on any atom is -0.456 e. The Kier molecular flexibility index (Phi) is 8.81. The molecule has 5 aliphatic carbocycles. The van der Waals surface area contributed by atoms with Crippen LogP contribution in [0.2, 0.25) is 0 Å². The molecule has 9 aromatic rings. The summed E-state index contributed by atoms with van der Waals surface area (Å²) in [5, 5.41) is 2.28. The van der Waals surface area contributed by atoms with Crippen LogP contribution >= 0.6 is 0 Å². The highest BCUT2D eigenvalue weighted by Crippen LogP contribution is 2.65. The Hall–Kier alpha value is -6.64. The quantitative estimate of drug-likeness (QED) is 0.166. The molecule has 5 aliphatic rings. The van der Waals surface area contributed by atoms with Crippen molar-refractivity contribution in [1.29, 1.82) is 0 Å². The zero-order valence-electron chi connectivity index (χ0n) is 38.8. The van der Waals surface area contributed by atoms with Gasteiger partial charge in [0.25, 0.3) is 0 Å². The molecule has 2 nitrogen and oxygen atoms in total. The highest BCUT2D eigenvalue weighted by Gasteiger charge is 2.57. The van der Waals surface area contributed by atoms with Crippen molar-refractivity contribution in [2.75, 3.05) is 4.90 Å². The van der Waals surface area contributed by atoms with Gasteiger partial charge in [0.15, 0.2) is 0 Å². The number of benzene rings is 8. The normalized spacial score (nSPS) is 22.8. The lowest BCUT2D eigenvalue weighted by atomic mass is 9.48. The molecule has 3 fully saturated rings. The van der Waals surface area contributed by atoms with Crippen molar-refractivity contribution >= 4 is 39.0 Å². The third-order valence-electron chi connectivity index (χ3n) is 17.8. The molecule has 0 N–H and O–H groups in total. The first-order chi connectivity index (χ1) is 33.0. The van der Waals surface area contributed by atoms with Crippen LogP contribution in [0.4, 0.5) is 17.1 Å². The number of furan rings is 1. The molecule has 1 heterocycles. The standard InChI is InChI=1S/C65H57NO/c1-3-47-35-42-33-41(2)34-48(36-42)65(47)59-18-10-8-16-53(59)56-37-45(22-29-60(56)65)46-21-27-55-57-39-50(26-30-62(57)67-63(55)38-46)66(49-23-19-44(20-24-49)43-13-5-4-6-14-43)51-25-28-54-52-15-7-9-17-58(52)64(61(54)40-51)31-11-12-32-64/h4-10,13-30,37-42,47-48H,3,11-12,31-36H2,1-2H3/t41-,42?,47+,48-,65-/m1/s1. The maximum atomic E-state index is 6.79. The van der Waals surface area contributed by atoms with Gasteiger partial charge in [-0.05, 0) is 190 Å². The maximum Gasteiger partial charge on any atom is 0.136 e. The van der Waals surface area contributed by atoms with E-state index in [2.05, 4.69) is 195 Å². The predicted octanol–water partition coefficient (Wildman–Crippen LogP) is 18.0. The van der Waals surface area contributed by atoms with E-state index >= 15 is 0 Å². The Labute approximate surface area is 395 Å². The lowest BCUT2D eigenvalue weighted by Gasteiger charge is -2.55. The van der Waals surface area contributed by atoms with Gasteiger partial charge in [-0.15, -0.1) is 0 Å². The van der Waals surface area contributed by atoms with Crippen LogP contribution in [0.15, 0.2) is 180 Å². The van der Waals surface area contributed by atoms with Gasteiger partial charge in [0, 0.05) is 38.7 Å². The minimum atomic E-state index is 0.0857. The van der Waals surface area contributed by atoms with Gasteiger partial charge in [-0.2, -0.15) is 0 Å². The largest absolute Gasteiger partial charge is 0.456 e. The number of hydrogen-bond acceptors (Lipinski definition) is 2. The van der Waals surface area contributed by atoms with E-state index in [1.165, 1.54) is 119 Å². The van der Waals surface area contributed by atoms with E-state index in [1.807, 2.05) is 0 Å². The van der Waals surface area contributed by atoms with E-state index in [-0.39, 0.29) is 10.8 Å². The second-order valence-corrected chi connectivity index (χ2v) is 21.2. The van der Waals surface area contributed by atoms with Crippen molar-refractivity contribution in [1.82, 2.24) is 0 Å². The first kappa shape index (κ1) is 39.5. The molecule has 328 valence electrons. The molecule has 3 saturated carbocycles. The molecule has 0 amide bonds. The van der Waals surface area contributed by atoms with Crippen molar-refractivity contribution in [2.24, 2.45) is 23.7 Å². The zero-order chi connectivity index (χ0) is 44.4. The molecular weight excluding hydrogens is 811 g/mol. The first-order valence-corrected chi connectivity index (χ1v) is 25.4. The van der Waals surface area contributed by atoms with Crippen LogP contribution < -0.4 is 4.90 Å². The van der Waals surface area contributed by atoms with Gasteiger partial charge in [0.1, 0.15) is 11.2 Å². The smallest absolute Gasteiger partial charge is 0.136 e. The molecule has 0 saturated heterocycles. The lowest BCUT2D eigenvalue weighted by molar-refractivity contribution is 0.0330. The summed E-state index contributed by atoms with van der Waals surface area (Å²) in [6.07, 6.45) is 11.7. The van der Waals surface area contributed by atoms with Crippen LogP contribution in [0.1, 0.15) is 93.9 Å². The fourth-order valence-corrected chi connectivity index (χ4v) is 15.2. The molecule has 0 aliphatic heterocycles. The number of anilines is 3. The number of fused-ring (bicyclic) bond motifs is 16. The SMILES string of the molecule is CC[C@H]1CC2C[C@@H](C)C[C@H](C2)[C@@]12c1ccccc1-c1cc(-c3ccc4c(c3)oc3ccc(N(c5ccc(-c6ccccc6)cc5)c5ccc6c(c5)C5(CCCC5)c5ccccc5-6)cc34)ccc12. The highest BCUT2D eigenvalue weighted by atomic mass is 16.3.